The van der Waals surface area contributed by atoms with E-state index in [1.54, 1.807) is 25.1 Å². The predicted octanol–water partition coefficient (Wildman–Crippen LogP) is 4.19. The van der Waals surface area contributed by atoms with Gasteiger partial charge in [-0.1, -0.05) is 54.6 Å². The molecule has 0 aliphatic rings. The van der Waals surface area contributed by atoms with Gasteiger partial charge < -0.3 is 4.42 Å². The van der Waals surface area contributed by atoms with Gasteiger partial charge in [-0.3, -0.25) is 0 Å². The third-order valence-electron chi connectivity index (χ3n) is 4.48. The second-order valence-electron chi connectivity index (χ2n) is 6.57. The fourth-order valence-corrected chi connectivity index (χ4v) is 4.20. The second-order valence-corrected chi connectivity index (χ2v) is 8.30. The summed E-state index contributed by atoms with van der Waals surface area (Å²) in [6.07, 6.45) is 0. The molecule has 0 radical (unpaired) electrons. The molecule has 1 N–H and O–H groups in total. The molecule has 4 rings (SSSR count). The van der Waals surface area contributed by atoms with Crippen molar-refractivity contribution in [3.05, 3.63) is 90.0 Å². The molecule has 0 bridgehead atoms. The van der Waals surface area contributed by atoms with E-state index >= 15 is 0 Å². The molecule has 146 valence electrons. The standard InChI is InChI=1S/C22H19N3O3S/c1-16-12-13-19(22-25-24-21(28-22)18-10-6-3-7-11-18)14-20(16)29(26,27)23-15-17-8-4-2-5-9-17/h2-14,23H,15H2,1H3. The highest BCUT2D eigenvalue weighted by Gasteiger charge is 2.19. The molecule has 6 nitrogen and oxygen atoms in total. The van der Waals surface area contributed by atoms with Crippen LogP contribution in [0, 0.1) is 6.92 Å². The normalized spacial score (nSPS) is 11.5. The summed E-state index contributed by atoms with van der Waals surface area (Å²) in [5, 5.41) is 8.15. The first-order chi connectivity index (χ1) is 14.0. The van der Waals surface area contributed by atoms with Crippen LogP contribution in [0.4, 0.5) is 0 Å². The Hall–Kier alpha value is -3.29. The number of benzene rings is 3. The molecule has 1 heterocycles. The number of nitrogens with zero attached hydrogens (tertiary/aromatic N) is 2. The number of hydrogen-bond donors (Lipinski definition) is 1. The molecule has 0 aliphatic heterocycles. The lowest BCUT2D eigenvalue weighted by Crippen LogP contribution is -2.24. The summed E-state index contributed by atoms with van der Waals surface area (Å²) in [5.74, 6) is 0.649. The monoisotopic (exact) mass is 405 g/mol. The van der Waals surface area contributed by atoms with Gasteiger partial charge >= 0.3 is 0 Å². The van der Waals surface area contributed by atoms with E-state index < -0.39 is 10.0 Å². The van der Waals surface area contributed by atoms with Gasteiger partial charge in [0, 0.05) is 17.7 Å². The van der Waals surface area contributed by atoms with Gasteiger partial charge in [0.25, 0.3) is 0 Å². The van der Waals surface area contributed by atoms with E-state index in [4.69, 9.17) is 4.42 Å². The van der Waals surface area contributed by atoms with Crippen LogP contribution in [-0.2, 0) is 16.6 Å². The Labute approximate surface area is 169 Å². The van der Waals surface area contributed by atoms with Crippen LogP contribution >= 0.6 is 0 Å². The molecule has 29 heavy (non-hydrogen) atoms. The predicted molar refractivity (Wildman–Crippen MR) is 110 cm³/mol. The first kappa shape index (κ1) is 19.0. The van der Waals surface area contributed by atoms with Crippen LogP contribution in [-0.4, -0.2) is 18.6 Å². The first-order valence-corrected chi connectivity index (χ1v) is 10.5. The lowest BCUT2D eigenvalue weighted by molar-refractivity contribution is 0.579. The van der Waals surface area contributed by atoms with Crippen molar-refractivity contribution >= 4 is 10.0 Å². The Balaban J connectivity index is 1.62. The summed E-state index contributed by atoms with van der Waals surface area (Å²) >= 11 is 0. The summed E-state index contributed by atoms with van der Waals surface area (Å²) < 4.78 is 34.1. The van der Waals surface area contributed by atoms with Gasteiger partial charge in [-0.15, -0.1) is 10.2 Å². The van der Waals surface area contributed by atoms with Gasteiger partial charge in [0.1, 0.15) is 0 Å². The van der Waals surface area contributed by atoms with Gasteiger partial charge in [0.05, 0.1) is 4.90 Å². The third kappa shape index (κ3) is 4.26. The van der Waals surface area contributed by atoms with Gasteiger partial charge in [-0.25, -0.2) is 13.1 Å². The van der Waals surface area contributed by atoms with Crippen molar-refractivity contribution in [3.8, 4) is 22.9 Å². The van der Waals surface area contributed by atoms with Crippen LogP contribution in [0.15, 0.2) is 88.2 Å². The van der Waals surface area contributed by atoms with Crippen LogP contribution in [0.25, 0.3) is 22.9 Å². The fraction of sp³-hybridized carbons (Fsp3) is 0.0909. The van der Waals surface area contributed by atoms with Crippen LogP contribution in [0.5, 0.6) is 0 Å². The Bertz CT molecular complexity index is 1220. The smallest absolute Gasteiger partial charge is 0.248 e. The zero-order valence-electron chi connectivity index (χ0n) is 15.7. The van der Waals surface area contributed by atoms with E-state index in [0.29, 0.717) is 17.0 Å². The van der Waals surface area contributed by atoms with Crippen molar-refractivity contribution in [2.75, 3.05) is 0 Å². The van der Waals surface area contributed by atoms with Crippen LogP contribution in [0.2, 0.25) is 0 Å². The lowest BCUT2D eigenvalue weighted by Gasteiger charge is -2.10. The third-order valence-corrected chi connectivity index (χ3v) is 6.02. The fourth-order valence-electron chi connectivity index (χ4n) is 2.91. The van der Waals surface area contributed by atoms with Crippen molar-refractivity contribution in [3.63, 3.8) is 0 Å². The maximum Gasteiger partial charge on any atom is 0.248 e. The number of aryl methyl sites for hydroxylation is 1. The molecule has 7 heteroatoms. The molecule has 3 aromatic carbocycles. The van der Waals surface area contributed by atoms with Crippen LogP contribution < -0.4 is 4.72 Å². The van der Waals surface area contributed by atoms with Crippen molar-refractivity contribution in [1.29, 1.82) is 0 Å². The summed E-state index contributed by atoms with van der Waals surface area (Å²) in [5.41, 5.74) is 2.87. The van der Waals surface area contributed by atoms with Crippen molar-refractivity contribution < 1.29 is 12.8 Å². The molecule has 0 atom stereocenters. The number of sulfonamides is 1. The highest BCUT2D eigenvalue weighted by atomic mass is 32.2. The molecule has 0 spiro atoms. The lowest BCUT2D eigenvalue weighted by atomic mass is 10.1. The van der Waals surface area contributed by atoms with E-state index in [1.807, 2.05) is 60.7 Å². The Morgan fingerprint density at radius 3 is 2.14 bits per heavy atom. The van der Waals surface area contributed by atoms with Gasteiger partial charge in [-0.2, -0.15) is 0 Å². The van der Waals surface area contributed by atoms with E-state index in [-0.39, 0.29) is 17.3 Å². The molecule has 0 aliphatic carbocycles. The topological polar surface area (TPSA) is 85.1 Å². The number of aromatic nitrogens is 2. The van der Waals surface area contributed by atoms with E-state index in [0.717, 1.165) is 11.1 Å². The summed E-state index contributed by atoms with van der Waals surface area (Å²) in [4.78, 5) is 0.186. The van der Waals surface area contributed by atoms with Crippen molar-refractivity contribution in [1.82, 2.24) is 14.9 Å². The highest BCUT2D eigenvalue weighted by Crippen LogP contribution is 2.27. The van der Waals surface area contributed by atoms with E-state index in [2.05, 4.69) is 14.9 Å². The number of hydrogen-bond acceptors (Lipinski definition) is 5. The summed E-state index contributed by atoms with van der Waals surface area (Å²) in [6.45, 7) is 1.97. The maximum absolute atomic E-state index is 12.9. The van der Waals surface area contributed by atoms with E-state index in [1.165, 1.54) is 0 Å². The summed E-state index contributed by atoms with van der Waals surface area (Å²) in [6, 6.07) is 23.8. The molecule has 0 saturated heterocycles. The quantitative estimate of drug-likeness (QED) is 0.520. The minimum absolute atomic E-state index is 0.186. The number of rotatable bonds is 6. The van der Waals surface area contributed by atoms with Gasteiger partial charge in [0.2, 0.25) is 21.8 Å². The Morgan fingerprint density at radius 1 is 0.828 bits per heavy atom. The second kappa shape index (κ2) is 7.98. The average Bonchev–Trinajstić information content (AvgIpc) is 3.24. The van der Waals surface area contributed by atoms with Gasteiger partial charge in [-0.05, 0) is 42.3 Å². The molecule has 0 amide bonds. The SMILES string of the molecule is Cc1ccc(-c2nnc(-c3ccccc3)o2)cc1S(=O)(=O)NCc1ccccc1. The molecule has 0 saturated carbocycles. The average molecular weight is 405 g/mol. The highest BCUT2D eigenvalue weighted by molar-refractivity contribution is 7.89. The van der Waals surface area contributed by atoms with Crippen LogP contribution in [0.3, 0.4) is 0 Å². The first-order valence-electron chi connectivity index (χ1n) is 9.06. The largest absolute Gasteiger partial charge is 0.416 e. The van der Waals surface area contributed by atoms with Crippen molar-refractivity contribution in [2.45, 2.75) is 18.4 Å². The Morgan fingerprint density at radius 2 is 1.45 bits per heavy atom. The molecule has 4 aromatic rings. The van der Waals surface area contributed by atoms with Crippen molar-refractivity contribution in [2.24, 2.45) is 0 Å². The van der Waals surface area contributed by atoms with E-state index in [9.17, 15) is 8.42 Å². The van der Waals surface area contributed by atoms with Crippen LogP contribution in [0.1, 0.15) is 11.1 Å². The number of nitrogens with one attached hydrogen (secondary N) is 1. The Kier molecular flexibility index (Phi) is 5.24. The zero-order valence-corrected chi connectivity index (χ0v) is 16.6. The molecular weight excluding hydrogens is 386 g/mol. The maximum atomic E-state index is 12.9. The zero-order chi connectivity index (χ0) is 20.3. The molecule has 0 fully saturated rings. The van der Waals surface area contributed by atoms with Gasteiger partial charge in [0.15, 0.2) is 0 Å². The minimum Gasteiger partial charge on any atom is -0.416 e. The summed E-state index contributed by atoms with van der Waals surface area (Å²) in [7, 11) is -3.70. The molecule has 0 unspecified atom stereocenters. The molecular formula is C22H19N3O3S. The molecule has 1 aromatic heterocycles. The minimum atomic E-state index is -3.70.